The van der Waals surface area contributed by atoms with Gasteiger partial charge in [-0.15, -0.1) is 0 Å². The van der Waals surface area contributed by atoms with Crippen molar-refractivity contribution in [2.45, 2.75) is 25.9 Å². The Kier molecular flexibility index (Phi) is 6.96. The van der Waals surface area contributed by atoms with Gasteiger partial charge < -0.3 is 14.8 Å². The number of halogens is 4. The second-order valence-corrected chi connectivity index (χ2v) is 6.13. The Hall–Kier alpha value is -2.41. The fourth-order valence-corrected chi connectivity index (χ4v) is 2.55. The van der Waals surface area contributed by atoms with Gasteiger partial charge in [0.1, 0.15) is 0 Å². The molecule has 146 valence electrons. The number of methoxy groups -OCH3 is 1. The van der Waals surface area contributed by atoms with Gasteiger partial charge in [0.25, 0.3) is 5.91 Å². The zero-order valence-corrected chi connectivity index (χ0v) is 15.6. The number of rotatable bonds is 7. The van der Waals surface area contributed by atoms with Crippen LogP contribution in [0.15, 0.2) is 36.4 Å². The molecule has 2 aromatic carbocycles. The number of benzene rings is 2. The van der Waals surface area contributed by atoms with Crippen molar-refractivity contribution in [2.24, 2.45) is 0 Å². The number of nitrogens with one attached hydrogen (secondary N) is 1. The highest BCUT2D eigenvalue weighted by atomic mass is 35.5. The fourth-order valence-electron chi connectivity index (χ4n) is 2.29. The highest BCUT2D eigenvalue weighted by Crippen LogP contribution is 2.37. The van der Waals surface area contributed by atoms with E-state index < -0.39 is 17.6 Å². The van der Waals surface area contributed by atoms with Crippen molar-refractivity contribution >= 4 is 23.2 Å². The molecule has 0 aromatic heterocycles. The van der Waals surface area contributed by atoms with Gasteiger partial charge in [-0.3, -0.25) is 4.79 Å². The van der Waals surface area contributed by atoms with Crippen molar-refractivity contribution in [1.29, 1.82) is 0 Å². The molecule has 2 aromatic rings. The number of ether oxygens (including phenoxy) is 2. The van der Waals surface area contributed by atoms with Crippen LogP contribution in [-0.2, 0) is 6.18 Å². The minimum Gasteiger partial charge on any atom is -0.493 e. The molecule has 0 saturated carbocycles. The normalized spacial score (nSPS) is 11.2. The van der Waals surface area contributed by atoms with Crippen molar-refractivity contribution in [3.8, 4) is 11.5 Å². The summed E-state index contributed by atoms with van der Waals surface area (Å²) >= 11 is 6.19. The highest BCUT2D eigenvalue weighted by Gasteiger charge is 2.30. The van der Waals surface area contributed by atoms with Crippen molar-refractivity contribution < 1.29 is 27.4 Å². The zero-order chi connectivity index (χ0) is 20.0. The Bertz CT molecular complexity index is 809. The lowest BCUT2D eigenvalue weighted by Crippen LogP contribution is -2.13. The second-order valence-electron chi connectivity index (χ2n) is 5.72. The molecule has 0 spiro atoms. The molecule has 0 atom stereocenters. The van der Waals surface area contributed by atoms with E-state index in [2.05, 4.69) is 5.32 Å². The first kappa shape index (κ1) is 20.9. The van der Waals surface area contributed by atoms with Crippen molar-refractivity contribution in [1.82, 2.24) is 0 Å². The van der Waals surface area contributed by atoms with Crippen LogP contribution in [0.5, 0.6) is 11.5 Å². The third-order valence-electron chi connectivity index (χ3n) is 3.68. The summed E-state index contributed by atoms with van der Waals surface area (Å²) in [6.45, 7) is 2.46. The fraction of sp³-hybridized carbons (Fsp3) is 0.316. The minimum absolute atomic E-state index is 0.0215. The molecule has 0 aliphatic rings. The summed E-state index contributed by atoms with van der Waals surface area (Å²) in [4.78, 5) is 12.4. The molecular weight excluding hydrogens is 383 g/mol. The van der Waals surface area contributed by atoms with Gasteiger partial charge in [0.05, 0.1) is 24.3 Å². The summed E-state index contributed by atoms with van der Waals surface area (Å²) in [6.07, 6.45) is -2.72. The number of hydrogen-bond acceptors (Lipinski definition) is 3. The average molecular weight is 402 g/mol. The van der Waals surface area contributed by atoms with Gasteiger partial charge in [-0.25, -0.2) is 0 Å². The lowest BCUT2D eigenvalue weighted by Gasteiger charge is -2.14. The van der Waals surface area contributed by atoms with Crippen LogP contribution in [0.2, 0.25) is 5.02 Å². The molecule has 0 saturated heterocycles. The predicted octanol–water partition coefficient (Wildman–Crippen LogP) is 5.80. The van der Waals surface area contributed by atoms with Crippen molar-refractivity contribution in [3.05, 3.63) is 52.5 Å². The number of anilines is 1. The summed E-state index contributed by atoms with van der Waals surface area (Å²) in [7, 11) is 1.41. The van der Waals surface area contributed by atoms with E-state index in [9.17, 15) is 18.0 Å². The maximum absolute atomic E-state index is 12.8. The Morgan fingerprint density at radius 2 is 1.96 bits per heavy atom. The standard InChI is InChI=1S/C19H19ClF3NO3/c1-3-4-8-27-17-15(20)9-12(10-16(17)26-2)18(25)24-14-7-5-6-13(11-14)19(21,22)23/h5-7,9-11H,3-4,8H2,1-2H3,(H,24,25). The summed E-state index contributed by atoms with van der Waals surface area (Å²) in [6, 6.07) is 7.19. The van der Waals surface area contributed by atoms with E-state index in [1.807, 2.05) is 6.92 Å². The molecule has 1 N–H and O–H groups in total. The topological polar surface area (TPSA) is 47.6 Å². The first-order valence-corrected chi connectivity index (χ1v) is 8.63. The molecule has 0 aliphatic carbocycles. The number of unbranched alkanes of at least 4 members (excludes halogenated alkanes) is 1. The maximum atomic E-state index is 12.8. The number of carbonyl (C=O) groups is 1. The van der Waals surface area contributed by atoms with Gasteiger partial charge in [-0.1, -0.05) is 31.0 Å². The Balaban J connectivity index is 2.23. The van der Waals surface area contributed by atoms with E-state index in [-0.39, 0.29) is 22.0 Å². The number of carbonyl (C=O) groups excluding carboxylic acids is 1. The SMILES string of the molecule is CCCCOc1c(Cl)cc(C(=O)Nc2cccc(C(F)(F)F)c2)cc1OC. The van der Waals surface area contributed by atoms with Gasteiger partial charge in [-0.05, 0) is 36.8 Å². The van der Waals surface area contributed by atoms with E-state index in [0.717, 1.165) is 25.0 Å². The van der Waals surface area contributed by atoms with Crippen LogP contribution in [0.1, 0.15) is 35.7 Å². The summed E-state index contributed by atoms with van der Waals surface area (Å²) in [5.74, 6) is -0.0225. The van der Waals surface area contributed by atoms with Crippen LogP contribution < -0.4 is 14.8 Å². The Morgan fingerprint density at radius 1 is 1.22 bits per heavy atom. The largest absolute Gasteiger partial charge is 0.493 e. The Morgan fingerprint density at radius 3 is 2.59 bits per heavy atom. The second kappa shape index (κ2) is 8.99. The highest BCUT2D eigenvalue weighted by molar-refractivity contribution is 6.32. The first-order valence-electron chi connectivity index (χ1n) is 8.25. The average Bonchev–Trinajstić information content (AvgIpc) is 2.62. The monoisotopic (exact) mass is 401 g/mol. The lowest BCUT2D eigenvalue weighted by atomic mass is 10.1. The van der Waals surface area contributed by atoms with Gasteiger partial charge in [0.2, 0.25) is 0 Å². The van der Waals surface area contributed by atoms with E-state index >= 15 is 0 Å². The van der Waals surface area contributed by atoms with Gasteiger partial charge >= 0.3 is 6.18 Å². The molecule has 2 rings (SSSR count). The number of hydrogen-bond donors (Lipinski definition) is 1. The van der Waals surface area contributed by atoms with Gasteiger partial charge in [-0.2, -0.15) is 13.2 Å². The Labute approximate surface area is 160 Å². The van der Waals surface area contributed by atoms with Crippen molar-refractivity contribution in [3.63, 3.8) is 0 Å². The van der Waals surface area contributed by atoms with Crippen LogP contribution in [-0.4, -0.2) is 19.6 Å². The first-order chi connectivity index (χ1) is 12.8. The van der Waals surface area contributed by atoms with Gasteiger partial charge in [0.15, 0.2) is 11.5 Å². The summed E-state index contributed by atoms with van der Waals surface area (Å²) in [5.41, 5.74) is -0.694. The molecule has 0 unspecified atom stereocenters. The molecule has 4 nitrogen and oxygen atoms in total. The van der Waals surface area contributed by atoms with Crippen LogP contribution in [0.3, 0.4) is 0 Å². The van der Waals surface area contributed by atoms with E-state index in [0.29, 0.717) is 12.4 Å². The minimum atomic E-state index is -4.50. The van der Waals surface area contributed by atoms with Crippen LogP contribution in [0.25, 0.3) is 0 Å². The summed E-state index contributed by atoms with van der Waals surface area (Å²) < 4.78 is 49.2. The van der Waals surface area contributed by atoms with Crippen molar-refractivity contribution in [2.75, 3.05) is 19.0 Å². The molecule has 0 fully saturated rings. The maximum Gasteiger partial charge on any atom is 0.416 e. The van der Waals surface area contributed by atoms with Gasteiger partial charge in [0, 0.05) is 11.3 Å². The number of amides is 1. The van der Waals surface area contributed by atoms with E-state index in [1.54, 1.807) is 0 Å². The summed E-state index contributed by atoms with van der Waals surface area (Å²) in [5, 5.41) is 2.61. The molecule has 1 amide bonds. The smallest absolute Gasteiger partial charge is 0.416 e. The van der Waals surface area contributed by atoms with Crippen LogP contribution in [0.4, 0.5) is 18.9 Å². The van der Waals surface area contributed by atoms with Crippen LogP contribution >= 0.6 is 11.6 Å². The molecule has 8 heteroatoms. The van der Waals surface area contributed by atoms with Crippen LogP contribution in [0, 0.1) is 0 Å². The third kappa shape index (κ3) is 5.53. The molecule has 0 bridgehead atoms. The molecular formula is C19H19ClF3NO3. The zero-order valence-electron chi connectivity index (χ0n) is 14.8. The number of alkyl halides is 3. The van der Waals surface area contributed by atoms with E-state index in [4.69, 9.17) is 21.1 Å². The molecule has 27 heavy (non-hydrogen) atoms. The van der Waals surface area contributed by atoms with E-state index in [1.165, 1.54) is 31.4 Å². The predicted molar refractivity (Wildman–Crippen MR) is 97.8 cm³/mol. The third-order valence-corrected chi connectivity index (χ3v) is 3.96. The molecule has 0 radical (unpaired) electrons. The molecule has 0 aliphatic heterocycles. The molecule has 0 heterocycles. The lowest BCUT2D eigenvalue weighted by molar-refractivity contribution is -0.137. The quantitative estimate of drug-likeness (QED) is 0.596.